The van der Waals surface area contributed by atoms with Gasteiger partial charge < -0.3 is 16.0 Å². The van der Waals surface area contributed by atoms with Crippen LogP contribution in [0.15, 0.2) is 17.1 Å². The van der Waals surface area contributed by atoms with Crippen LogP contribution >= 0.6 is 0 Å². The third kappa shape index (κ3) is 4.40. The fourth-order valence-electron chi connectivity index (χ4n) is 3.24. The summed E-state index contributed by atoms with van der Waals surface area (Å²) in [6, 6.07) is 0.764. The summed E-state index contributed by atoms with van der Waals surface area (Å²) < 4.78 is 43.2. The third-order valence-electron chi connectivity index (χ3n) is 4.53. The van der Waals surface area contributed by atoms with Gasteiger partial charge >= 0.3 is 0 Å². The fourth-order valence-corrected chi connectivity index (χ4v) is 3.24. The number of hydrogen-bond acceptors (Lipinski definition) is 6. The molecule has 1 aromatic carbocycles. The van der Waals surface area contributed by atoms with E-state index in [1.165, 1.54) is 0 Å². The van der Waals surface area contributed by atoms with Crippen molar-refractivity contribution in [2.75, 3.05) is 12.4 Å². The summed E-state index contributed by atoms with van der Waals surface area (Å²) in [5.41, 5.74) is 5.21. The topological polar surface area (TPSA) is 101 Å². The van der Waals surface area contributed by atoms with E-state index in [0.717, 1.165) is 0 Å². The highest BCUT2D eigenvalue weighted by atomic mass is 19.1. The average Bonchev–Trinajstić information content (AvgIpc) is 2.94. The Morgan fingerprint density at radius 1 is 1.23 bits per heavy atom. The molecule has 1 aliphatic heterocycles. The minimum Gasteiger partial charge on any atom is -0.370 e. The number of hydrogen-bond donors (Lipinski definition) is 3. The Bertz CT molecular complexity index is 1060. The third-order valence-corrected chi connectivity index (χ3v) is 4.53. The van der Waals surface area contributed by atoms with Crippen LogP contribution in [0.5, 0.6) is 0 Å². The number of carbonyl (C=O) groups is 1. The normalized spacial score (nSPS) is 16.7. The van der Waals surface area contributed by atoms with E-state index < -0.39 is 41.4 Å². The summed E-state index contributed by atoms with van der Waals surface area (Å²) in [6.45, 7) is 5.66. The van der Waals surface area contributed by atoms with Crippen molar-refractivity contribution in [3.8, 4) is 0 Å². The van der Waals surface area contributed by atoms with E-state index in [1.807, 2.05) is 20.9 Å². The first-order chi connectivity index (χ1) is 14.1. The summed E-state index contributed by atoms with van der Waals surface area (Å²) in [6.07, 6.45) is 1.29. The lowest BCUT2D eigenvalue weighted by molar-refractivity contribution is -0.118. The molecule has 4 N–H and O–H groups in total. The number of halogens is 3. The summed E-state index contributed by atoms with van der Waals surface area (Å²) in [5, 5.41) is 6.30. The van der Waals surface area contributed by atoms with E-state index >= 15 is 0 Å². The van der Waals surface area contributed by atoms with Crippen molar-refractivity contribution in [1.29, 1.82) is 0 Å². The molecule has 2 aromatic rings. The van der Waals surface area contributed by atoms with Crippen molar-refractivity contribution >= 4 is 23.7 Å². The van der Waals surface area contributed by atoms with Crippen LogP contribution in [-0.2, 0) is 4.79 Å². The molecule has 1 aromatic heterocycles. The van der Waals surface area contributed by atoms with Crippen LogP contribution in [-0.4, -0.2) is 39.7 Å². The predicted molar refractivity (Wildman–Crippen MR) is 105 cm³/mol. The second kappa shape index (κ2) is 8.34. The number of carbonyl (C=O) groups excluding carboxylic acids is 1. The van der Waals surface area contributed by atoms with Gasteiger partial charge in [0.25, 0.3) is 0 Å². The zero-order chi connectivity index (χ0) is 22.2. The number of rotatable bonds is 7. The minimum atomic E-state index is -1.11. The first kappa shape index (κ1) is 21.6. The molecule has 3 rings (SSSR count). The van der Waals surface area contributed by atoms with Gasteiger partial charge in [-0.15, -0.1) is 0 Å². The van der Waals surface area contributed by atoms with E-state index in [0.29, 0.717) is 23.0 Å². The van der Waals surface area contributed by atoms with E-state index in [2.05, 4.69) is 20.6 Å². The Morgan fingerprint density at radius 3 is 2.43 bits per heavy atom. The maximum Gasteiger partial charge on any atom is 0.219 e. The maximum absolute atomic E-state index is 14.2. The first-order valence-electron chi connectivity index (χ1n) is 9.42. The molecule has 0 saturated carbocycles. The van der Waals surface area contributed by atoms with Crippen LogP contribution in [0.4, 0.5) is 24.8 Å². The summed E-state index contributed by atoms with van der Waals surface area (Å²) in [7, 11) is 1.81. The van der Waals surface area contributed by atoms with Crippen molar-refractivity contribution in [1.82, 2.24) is 19.8 Å². The molecule has 30 heavy (non-hydrogen) atoms. The number of aromatic nitrogens is 2. The lowest BCUT2D eigenvalue weighted by Gasteiger charge is -2.28. The molecular weight excluding hydrogens is 399 g/mol. The molecular formula is C19H24F3N7O. The molecule has 1 amide bonds. The van der Waals surface area contributed by atoms with Crippen molar-refractivity contribution in [3.63, 3.8) is 0 Å². The van der Waals surface area contributed by atoms with Gasteiger partial charge in [0.05, 0.1) is 0 Å². The summed E-state index contributed by atoms with van der Waals surface area (Å²) >= 11 is 0. The minimum absolute atomic E-state index is 0.0422. The number of imidazole rings is 1. The van der Waals surface area contributed by atoms with Crippen molar-refractivity contribution in [2.24, 2.45) is 10.7 Å². The molecule has 11 heteroatoms. The second-order valence-electron chi connectivity index (χ2n) is 7.52. The van der Waals surface area contributed by atoms with Gasteiger partial charge in [-0.1, -0.05) is 0 Å². The van der Waals surface area contributed by atoms with Gasteiger partial charge in [-0.2, -0.15) is 0 Å². The van der Waals surface area contributed by atoms with Crippen LogP contribution < -0.4 is 27.2 Å². The Balaban J connectivity index is 2.15. The quantitative estimate of drug-likeness (QED) is 0.619. The van der Waals surface area contributed by atoms with Crippen LogP contribution in [0.3, 0.4) is 0 Å². The number of nitrogens with zero attached hydrogens (tertiary/aromatic N) is 4. The van der Waals surface area contributed by atoms with Gasteiger partial charge in [-0.05, 0) is 20.8 Å². The SMILES string of the molecule is CC(C)NC1N=c2c(nc(Nc3c(F)cc(F)cc3F)n2[C@H](C)CC(N)=O)=CN1C. The largest absolute Gasteiger partial charge is 0.370 e. The predicted octanol–water partition coefficient (Wildman–Crippen LogP) is 1.06. The highest BCUT2D eigenvalue weighted by molar-refractivity contribution is 5.74. The Hall–Kier alpha value is -3.08. The van der Waals surface area contributed by atoms with E-state index in [4.69, 9.17) is 5.73 Å². The van der Waals surface area contributed by atoms with E-state index in [1.54, 1.807) is 22.6 Å². The lowest BCUT2D eigenvalue weighted by Crippen LogP contribution is -2.50. The fraction of sp³-hybridized carbons (Fsp3) is 0.421. The van der Waals surface area contributed by atoms with Crippen LogP contribution in [0.1, 0.15) is 33.2 Å². The molecule has 2 atom stereocenters. The molecule has 2 heterocycles. The smallest absolute Gasteiger partial charge is 0.219 e. The molecule has 0 radical (unpaired) electrons. The molecule has 0 aliphatic carbocycles. The highest BCUT2D eigenvalue weighted by Gasteiger charge is 2.24. The second-order valence-corrected chi connectivity index (χ2v) is 7.52. The lowest BCUT2D eigenvalue weighted by atomic mass is 10.2. The molecule has 1 unspecified atom stereocenters. The zero-order valence-corrected chi connectivity index (χ0v) is 17.1. The van der Waals surface area contributed by atoms with Crippen LogP contribution in [0.25, 0.3) is 6.20 Å². The van der Waals surface area contributed by atoms with Crippen LogP contribution in [0.2, 0.25) is 0 Å². The van der Waals surface area contributed by atoms with Gasteiger partial charge in [-0.25, -0.2) is 23.1 Å². The van der Waals surface area contributed by atoms with Crippen molar-refractivity contribution < 1.29 is 18.0 Å². The Labute approximate surface area is 171 Å². The number of anilines is 2. The molecule has 0 bridgehead atoms. The van der Waals surface area contributed by atoms with Gasteiger partial charge in [0.1, 0.15) is 16.9 Å². The average molecular weight is 423 g/mol. The number of nitrogens with two attached hydrogens (primary N) is 1. The molecule has 0 fully saturated rings. The number of nitrogens with one attached hydrogen (secondary N) is 2. The van der Waals surface area contributed by atoms with Gasteiger partial charge in [0, 0.05) is 43.9 Å². The Kier molecular flexibility index (Phi) is 6.01. The molecule has 0 spiro atoms. The van der Waals surface area contributed by atoms with E-state index in [-0.39, 0.29) is 18.4 Å². The maximum atomic E-state index is 14.2. The number of benzene rings is 1. The summed E-state index contributed by atoms with van der Waals surface area (Å²) in [5.74, 6) is -3.76. The first-order valence-corrected chi connectivity index (χ1v) is 9.42. The van der Waals surface area contributed by atoms with Gasteiger partial charge in [0.2, 0.25) is 11.9 Å². The van der Waals surface area contributed by atoms with Gasteiger partial charge in [0.15, 0.2) is 23.4 Å². The van der Waals surface area contributed by atoms with Crippen LogP contribution in [0, 0.1) is 17.5 Å². The zero-order valence-electron chi connectivity index (χ0n) is 17.1. The summed E-state index contributed by atoms with van der Waals surface area (Å²) in [4.78, 5) is 22.4. The molecule has 162 valence electrons. The molecule has 0 saturated heterocycles. The Morgan fingerprint density at radius 2 is 1.87 bits per heavy atom. The van der Waals surface area contributed by atoms with Crippen molar-refractivity contribution in [3.05, 3.63) is 40.4 Å². The number of amides is 1. The molecule has 1 aliphatic rings. The standard InChI is InChI=1S/C19H24F3N7O/c1-9(2)24-18-27-17-14(8-28(18)4)25-19(29(17)10(3)5-15(23)30)26-16-12(21)6-11(20)7-13(16)22/h6-10,18,24H,5H2,1-4H3,(H2,23,30)(H,25,26)/t10-,18?/m1/s1. The molecule has 8 nitrogen and oxygen atoms in total. The van der Waals surface area contributed by atoms with Gasteiger partial charge in [-0.3, -0.25) is 14.7 Å². The number of primary amides is 1. The van der Waals surface area contributed by atoms with E-state index in [9.17, 15) is 18.0 Å². The highest BCUT2D eigenvalue weighted by Crippen LogP contribution is 2.24. The number of fused-ring (bicyclic) bond motifs is 1. The monoisotopic (exact) mass is 423 g/mol. The van der Waals surface area contributed by atoms with Crippen molar-refractivity contribution in [2.45, 2.75) is 45.6 Å².